The first kappa shape index (κ1) is 13.8. The molecule has 0 heterocycles. The van der Waals surface area contributed by atoms with Crippen LogP contribution in [0.25, 0.3) is 0 Å². The Balaban J connectivity index is 1.72. The monoisotopic (exact) mass is 259 g/mol. The zero-order chi connectivity index (χ0) is 13.5. The Hall–Kier alpha value is -1.64. The lowest BCUT2D eigenvalue weighted by atomic mass is 9.87. The Labute approximate surface area is 114 Å². The third-order valence-corrected chi connectivity index (χ3v) is 3.74. The van der Waals surface area contributed by atoms with Crippen molar-refractivity contribution < 1.29 is 9.59 Å². The summed E-state index contributed by atoms with van der Waals surface area (Å²) in [4.78, 5) is 23.6. The number of rotatable bonds is 5. The van der Waals surface area contributed by atoms with Crippen LogP contribution in [-0.4, -0.2) is 18.2 Å². The number of hydrogen-bond acceptors (Lipinski definition) is 2. The van der Waals surface area contributed by atoms with Crippen LogP contribution in [0, 0.1) is 5.92 Å². The number of nitrogens with one attached hydrogen (secondary N) is 1. The smallest absolute Gasteiger partial charge is 0.220 e. The molecule has 1 amide bonds. The molecule has 19 heavy (non-hydrogen) atoms. The van der Waals surface area contributed by atoms with Crippen LogP contribution in [0.3, 0.4) is 0 Å². The molecule has 0 atom stereocenters. The van der Waals surface area contributed by atoms with E-state index in [9.17, 15) is 9.59 Å². The van der Waals surface area contributed by atoms with Gasteiger partial charge in [0.05, 0.1) is 6.54 Å². The molecule has 0 aliphatic heterocycles. The van der Waals surface area contributed by atoms with Gasteiger partial charge in [0, 0.05) is 12.0 Å². The van der Waals surface area contributed by atoms with Crippen molar-refractivity contribution in [1.82, 2.24) is 5.32 Å². The fourth-order valence-electron chi connectivity index (χ4n) is 2.63. The van der Waals surface area contributed by atoms with E-state index in [-0.39, 0.29) is 18.2 Å². The Kier molecular flexibility index (Phi) is 5.13. The summed E-state index contributed by atoms with van der Waals surface area (Å²) in [5, 5.41) is 2.74. The van der Waals surface area contributed by atoms with Gasteiger partial charge in [-0.1, -0.05) is 49.6 Å². The number of hydrogen-bond donors (Lipinski definition) is 1. The molecule has 1 aliphatic rings. The summed E-state index contributed by atoms with van der Waals surface area (Å²) in [7, 11) is 0. The van der Waals surface area contributed by atoms with Gasteiger partial charge >= 0.3 is 0 Å². The van der Waals surface area contributed by atoms with Crippen LogP contribution in [0.1, 0.15) is 48.9 Å². The first-order valence-electron chi connectivity index (χ1n) is 7.10. The maximum absolute atomic E-state index is 11.8. The number of carbonyl (C=O) groups excluding carboxylic acids is 2. The molecule has 0 aromatic heterocycles. The predicted octanol–water partition coefficient (Wildman–Crippen LogP) is 2.96. The van der Waals surface area contributed by atoms with Crippen LogP contribution in [-0.2, 0) is 4.79 Å². The molecular formula is C16H21NO2. The number of Topliss-reactive ketones (excluding diaryl/α,β-unsaturated/α-hetero) is 1. The van der Waals surface area contributed by atoms with Crippen molar-refractivity contribution in [3.8, 4) is 0 Å². The molecule has 0 spiro atoms. The average molecular weight is 259 g/mol. The Morgan fingerprint density at radius 2 is 1.74 bits per heavy atom. The van der Waals surface area contributed by atoms with E-state index in [2.05, 4.69) is 5.32 Å². The van der Waals surface area contributed by atoms with E-state index < -0.39 is 0 Å². The number of ketones is 1. The van der Waals surface area contributed by atoms with Crippen molar-refractivity contribution in [2.75, 3.05) is 6.54 Å². The summed E-state index contributed by atoms with van der Waals surface area (Å²) in [5.41, 5.74) is 0.653. The van der Waals surface area contributed by atoms with Gasteiger partial charge < -0.3 is 5.32 Å². The highest BCUT2D eigenvalue weighted by Crippen LogP contribution is 2.25. The number of carbonyl (C=O) groups is 2. The highest BCUT2D eigenvalue weighted by atomic mass is 16.2. The standard InChI is InChI=1S/C16H21NO2/c18-15(14-9-5-2-6-10-14)12-17-16(19)11-13-7-3-1-4-8-13/h2,5-6,9-10,13H,1,3-4,7-8,11-12H2,(H,17,19). The summed E-state index contributed by atoms with van der Waals surface area (Å²) in [6.07, 6.45) is 6.65. The first-order valence-corrected chi connectivity index (χ1v) is 7.10. The SMILES string of the molecule is O=C(CC1CCCCC1)NCC(=O)c1ccccc1. The number of benzene rings is 1. The van der Waals surface area contributed by atoms with Crippen LogP contribution in [0.15, 0.2) is 30.3 Å². The van der Waals surface area contributed by atoms with E-state index in [1.54, 1.807) is 12.1 Å². The lowest BCUT2D eigenvalue weighted by molar-refractivity contribution is -0.122. The Bertz CT molecular complexity index is 422. The largest absolute Gasteiger partial charge is 0.349 e. The molecule has 0 bridgehead atoms. The van der Waals surface area contributed by atoms with Crippen LogP contribution in [0.4, 0.5) is 0 Å². The van der Waals surface area contributed by atoms with Crippen molar-refractivity contribution in [1.29, 1.82) is 0 Å². The molecular weight excluding hydrogens is 238 g/mol. The van der Waals surface area contributed by atoms with Gasteiger partial charge in [-0.3, -0.25) is 9.59 Å². The third-order valence-electron chi connectivity index (χ3n) is 3.74. The first-order chi connectivity index (χ1) is 9.25. The average Bonchev–Trinajstić information content (AvgIpc) is 2.47. The van der Waals surface area contributed by atoms with E-state index >= 15 is 0 Å². The van der Waals surface area contributed by atoms with Crippen molar-refractivity contribution in [3.63, 3.8) is 0 Å². The molecule has 1 fully saturated rings. The Morgan fingerprint density at radius 3 is 2.42 bits per heavy atom. The van der Waals surface area contributed by atoms with Gasteiger partial charge in [0.2, 0.25) is 5.91 Å². The molecule has 102 valence electrons. The minimum Gasteiger partial charge on any atom is -0.349 e. The predicted molar refractivity (Wildman–Crippen MR) is 75.0 cm³/mol. The molecule has 1 N–H and O–H groups in total. The highest BCUT2D eigenvalue weighted by molar-refractivity contribution is 5.99. The zero-order valence-electron chi connectivity index (χ0n) is 11.2. The van der Waals surface area contributed by atoms with Crippen molar-refractivity contribution >= 4 is 11.7 Å². The fourth-order valence-corrected chi connectivity index (χ4v) is 2.63. The van der Waals surface area contributed by atoms with E-state index in [0.29, 0.717) is 17.9 Å². The topological polar surface area (TPSA) is 46.2 Å². The van der Waals surface area contributed by atoms with Gasteiger partial charge in [-0.2, -0.15) is 0 Å². The maximum Gasteiger partial charge on any atom is 0.220 e. The van der Waals surface area contributed by atoms with Gasteiger partial charge in [0.25, 0.3) is 0 Å². The molecule has 3 nitrogen and oxygen atoms in total. The van der Waals surface area contributed by atoms with Gasteiger partial charge in [-0.25, -0.2) is 0 Å². The highest BCUT2D eigenvalue weighted by Gasteiger charge is 2.17. The van der Waals surface area contributed by atoms with Gasteiger partial charge in [0.1, 0.15) is 0 Å². The van der Waals surface area contributed by atoms with E-state index in [1.807, 2.05) is 18.2 Å². The second-order valence-electron chi connectivity index (χ2n) is 5.27. The molecule has 1 aliphatic carbocycles. The summed E-state index contributed by atoms with van der Waals surface area (Å²) in [6.45, 7) is 0.107. The minimum absolute atomic E-state index is 0.0104. The second kappa shape index (κ2) is 7.07. The summed E-state index contributed by atoms with van der Waals surface area (Å²) in [6, 6.07) is 9.08. The molecule has 0 radical (unpaired) electrons. The molecule has 2 rings (SSSR count). The van der Waals surface area contributed by atoms with E-state index in [0.717, 1.165) is 12.8 Å². The fraction of sp³-hybridized carbons (Fsp3) is 0.500. The normalized spacial score (nSPS) is 16.0. The lowest BCUT2D eigenvalue weighted by Crippen LogP contribution is -2.31. The second-order valence-corrected chi connectivity index (χ2v) is 5.27. The maximum atomic E-state index is 11.8. The Morgan fingerprint density at radius 1 is 1.05 bits per heavy atom. The molecule has 3 heteroatoms. The molecule has 1 saturated carbocycles. The van der Waals surface area contributed by atoms with Gasteiger partial charge in [-0.05, 0) is 18.8 Å². The van der Waals surface area contributed by atoms with Gasteiger partial charge in [-0.15, -0.1) is 0 Å². The molecule has 0 unspecified atom stereocenters. The minimum atomic E-state index is -0.0300. The lowest BCUT2D eigenvalue weighted by Gasteiger charge is -2.20. The van der Waals surface area contributed by atoms with Crippen LogP contribution in [0.2, 0.25) is 0 Å². The quantitative estimate of drug-likeness (QED) is 0.826. The summed E-state index contributed by atoms with van der Waals surface area (Å²) < 4.78 is 0. The summed E-state index contributed by atoms with van der Waals surface area (Å²) >= 11 is 0. The van der Waals surface area contributed by atoms with Gasteiger partial charge in [0.15, 0.2) is 5.78 Å². The van der Waals surface area contributed by atoms with Crippen molar-refractivity contribution in [2.45, 2.75) is 38.5 Å². The van der Waals surface area contributed by atoms with Crippen molar-refractivity contribution in [3.05, 3.63) is 35.9 Å². The van der Waals surface area contributed by atoms with Crippen LogP contribution < -0.4 is 5.32 Å². The van der Waals surface area contributed by atoms with E-state index in [4.69, 9.17) is 0 Å². The third kappa shape index (κ3) is 4.51. The molecule has 0 saturated heterocycles. The zero-order valence-corrected chi connectivity index (χ0v) is 11.2. The summed E-state index contributed by atoms with van der Waals surface area (Å²) in [5.74, 6) is 0.495. The van der Waals surface area contributed by atoms with Crippen LogP contribution >= 0.6 is 0 Å². The van der Waals surface area contributed by atoms with E-state index in [1.165, 1.54) is 19.3 Å². The molecule has 1 aromatic carbocycles. The van der Waals surface area contributed by atoms with Crippen molar-refractivity contribution in [2.24, 2.45) is 5.92 Å². The molecule has 1 aromatic rings. The number of amides is 1. The van der Waals surface area contributed by atoms with Crippen LogP contribution in [0.5, 0.6) is 0 Å².